The van der Waals surface area contributed by atoms with E-state index in [2.05, 4.69) is 252 Å². The molecule has 1 aromatic heterocycles. The summed E-state index contributed by atoms with van der Waals surface area (Å²) in [6, 6.07) is 88.8. The molecule has 0 spiro atoms. The van der Waals surface area contributed by atoms with Crippen molar-refractivity contribution in [3.8, 4) is 61.3 Å². The lowest BCUT2D eigenvalue weighted by atomic mass is 9.93. The lowest BCUT2D eigenvalue weighted by molar-refractivity contribution is 1.18. The first kappa shape index (κ1) is 36.6. The van der Waals surface area contributed by atoms with E-state index in [1.165, 1.54) is 71.9 Å². The molecular weight excluding hydrogens is 761 g/mol. The van der Waals surface area contributed by atoms with Crippen LogP contribution in [0.1, 0.15) is 11.1 Å². The van der Waals surface area contributed by atoms with Gasteiger partial charge in [-0.15, -0.1) is 0 Å². The third-order valence-corrected chi connectivity index (χ3v) is 12.8. The molecular formula is C61H42N2. The zero-order valence-electron chi connectivity index (χ0n) is 34.7. The number of hydrogen-bond donors (Lipinski definition) is 0. The fraction of sp³-hybridized carbons (Fsp3) is 0.0164. The van der Waals surface area contributed by atoms with Crippen molar-refractivity contribution in [2.45, 2.75) is 6.42 Å². The van der Waals surface area contributed by atoms with E-state index in [0.29, 0.717) is 0 Å². The second-order valence-corrected chi connectivity index (χ2v) is 16.5. The summed E-state index contributed by atoms with van der Waals surface area (Å²) < 4.78 is 2.44. The van der Waals surface area contributed by atoms with Crippen LogP contribution in [0.4, 0.5) is 17.1 Å². The number of nitrogens with zero attached hydrogens (tertiary/aromatic N) is 2. The SMILES string of the molecule is c1ccc(-c2ccc(N(c3ccc4c(c3)Cc3ccccc3-4)c3ccc(-c4ccccc4-n4c5ccccc5c5ccccc54)cc3-c3cccc(-c4ccccc4)c3)cc2)cc1. The van der Waals surface area contributed by atoms with Gasteiger partial charge < -0.3 is 9.47 Å². The normalized spacial score (nSPS) is 11.7. The van der Waals surface area contributed by atoms with Gasteiger partial charge in [0.2, 0.25) is 0 Å². The maximum Gasteiger partial charge on any atom is 0.0541 e. The van der Waals surface area contributed by atoms with Crippen LogP contribution in [-0.2, 0) is 6.42 Å². The van der Waals surface area contributed by atoms with E-state index >= 15 is 0 Å². The molecule has 0 unspecified atom stereocenters. The second kappa shape index (κ2) is 15.4. The van der Waals surface area contributed by atoms with Crippen molar-refractivity contribution in [2.75, 3.05) is 4.90 Å². The minimum atomic E-state index is 0.921. The Bertz CT molecular complexity index is 3420. The molecule has 2 nitrogen and oxygen atoms in total. The topological polar surface area (TPSA) is 8.17 Å². The molecule has 0 bridgehead atoms. The highest BCUT2D eigenvalue weighted by Crippen LogP contribution is 2.47. The zero-order chi connectivity index (χ0) is 41.7. The van der Waals surface area contributed by atoms with Crippen LogP contribution >= 0.6 is 0 Å². The summed E-state index contributed by atoms with van der Waals surface area (Å²) >= 11 is 0. The Balaban J connectivity index is 1.08. The average Bonchev–Trinajstić information content (AvgIpc) is 3.90. The lowest BCUT2D eigenvalue weighted by Crippen LogP contribution is -2.12. The minimum Gasteiger partial charge on any atom is -0.310 e. The van der Waals surface area contributed by atoms with Crippen LogP contribution in [0, 0.1) is 0 Å². The Morgan fingerprint density at radius 1 is 0.302 bits per heavy atom. The molecule has 0 fully saturated rings. The number of para-hydroxylation sites is 3. The van der Waals surface area contributed by atoms with Gasteiger partial charge in [0.1, 0.15) is 0 Å². The number of aromatic nitrogens is 1. The van der Waals surface area contributed by atoms with Crippen molar-refractivity contribution in [1.82, 2.24) is 4.57 Å². The van der Waals surface area contributed by atoms with Crippen LogP contribution < -0.4 is 4.90 Å². The summed E-state index contributed by atoms with van der Waals surface area (Å²) in [5, 5.41) is 2.51. The van der Waals surface area contributed by atoms with Crippen LogP contribution in [-0.4, -0.2) is 4.57 Å². The second-order valence-electron chi connectivity index (χ2n) is 16.5. The molecule has 63 heavy (non-hydrogen) atoms. The number of fused-ring (bicyclic) bond motifs is 6. The summed E-state index contributed by atoms with van der Waals surface area (Å²) in [5.74, 6) is 0. The van der Waals surface area contributed by atoms with Gasteiger partial charge in [-0.2, -0.15) is 0 Å². The van der Waals surface area contributed by atoms with Crippen molar-refractivity contribution in [3.05, 3.63) is 254 Å². The number of hydrogen-bond acceptors (Lipinski definition) is 1. The number of rotatable bonds is 8. The van der Waals surface area contributed by atoms with Crippen molar-refractivity contribution in [2.24, 2.45) is 0 Å². The summed E-state index contributed by atoms with van der Waals surface area (Å²) in [7, 11) is 0. The van der Waals surface area contributed by atoms with E-state index in [4.69, 9.17) is 0 Å². The smallest absolute Gasteiger partial charge is 0.0541 e. The van der Waals surface area contributed by atoms with Gasteiger partial charge in [-0.1, -0.05) is 182 Å². The van der Waals surface area contributed by atoms with Crippen LogP contribution in [0.5, 0.6) is 0 Å². The molecule has 0 radical (unpaired) electrons. The monoisotopic (exact) mass is 802 g/mol. The molecule has 0 amide bonds. The summed E-state index contributed by atoms with van der Waals surface area (Å²) in [5.41, 5.74) is 21.7. The van der Waals surface area contributed by atoms with Gasteiger partial charge in [0.05, 0.1) is 22.4 Å². The van der Waals surface area contributed by atoms with Crippen molar-refractivity contribution in [3.63, 3.8) is 0 Å². The maximum absolute atomic E-state index is 2.46. The first-order valence-corrected chi connectivity index (χ1v) is 21.8. The molecule has 0 aliphatic heterocycles. The quantitative estimate of drug-likeness (QED) is 0.149. The van der Waals surface area contributed by atoms with Gasteiger partial charge in [0, 0.05) is 33.3 Å². The molecule has 0 saturated carbocycles. The van der Waals surface area contributed by atoms with Gasteiger partial charge in [0.25, 0.3) is 0 Å². The molecule has 11 aromatic rings. The Kier molecular flexibility index (Phi) is 8.93. The Morgan fingerprint density at radius 3 is 1.57 bits per heavy atom. The molecule has 10 aromatic carbocycles. The van der Waals surface area contributed by atoms with Crippen LogP contribution in [0.15, 0.2) is 243 Å². The maximum atomic E-state index is 2.46. The predicted molar refractivity (Wildman–Crippen MR) is 265 cm³/mol. The highest BCUT2D eigenvalue weighted by molar-refractivity contribution is 6.10. The Morgan fingerprint density at radius 2 is 0.825 bits per heavy atom. The van der Waals surface area contributed by atoms with Crippen LogP contribution in [0.25, 0.3) is 83.1 Å². The summed E-state index contributed by atoms with van der Waals surface area (Å²) in [6.45, 7) is 0. The minimum absolute atomic E-state index is 0.921. The standard InChI is InChI=1S/C61H42N2/c1-3-16-42(17-4-1)44-30-33-50(34-31-44)62(51-35-36-53-49(40-51)39-46-20-7-8-23-52(46)53)61-37-32-48(41-57(61)47-22-15-21-45(38-47)43-18-5-2-6-19-43)54-24-9-12-27-58(54)63-59-28-13-10-25-55(59)56-26-11-14-29-60(56)63/h1-38,40-41H,39H2. The molecule has 296 valence electrons. The van der Waals surface area contributed by atoms with Gasteiger partial charge in [-0.3, -0.25) is 0 Å². The highest BCUT2D eigenvalue weighted by Gasteiger charge is 2.24. The van der Waals surface area contributed by atoms with Gasteiger partial charge in [0.15, 0.2) is 0 Å². The molecule has 0 saturated heterocycles. The van der Waals surface area contributed by atoms with Gasteiger partial charge in [-0.25, -0.2) is 0 Å². The largest absolute Gasteiger partial charge is 0.310 e. The zero-order valence-corrected chi connectivity index (χ0v) is 34.7. The molecule has 1 aliphatic rings. The van der Waals surface area contributed by atoms with E-state index in [-0.39, 0.29) is 0 Å². The molecule has 1 heterocycles. The molecule has 1 aliphatic carbocycles. The average molecular weight is 803 g/mol. The van der Waals surface area contributed by atoms with E-state index < -0.39 is 0 Å². The third-order valence-electron chi connectivity index (χ3n) is 12.8. The van der Waals surface area contributed by atoms with Crippen molar-refractivity contribution in [1.29, 1.82) is 0 Å². The predicted octanol–water partition coefficient (Wildman–Crippen LogP) is 16.5. The first-order valence-electron chi connectivity index (χ1n) is 21.8. The van der Waals surface area contributed by atoms with Crippen LogP contribution in [0.2, 0.25) is 0 Å². The Hall–Kier alpha value is -8.20. The van der Waals surface area contributed by atoms with E-state index in [1.54, 1.807) is 0 Å². The third kappa shape index (κ3) is 6.43. The van der Waals surface area contributed by atoms with E-state index in [9.17, 15) is 0 Å². The summed E-state index contributed by atoms with van der Waals surface area (Å²) in [4.78, 5) is 2.46. The van der Waals surface area contributed by atoms with Gasteiger partial charge >= 0.3 is 0 Å². The molecule has 0 atom stereocenters. The Labute approximate surface area is 368 Å². The van der Waals surface area contributed by atoms with E-state index in [0.717, 1.165) is 45.9 Å². The molecule has 12 rings (SSSR count). The highest BCUT2D eigenvalue weighted by atomic mass is 15.1. The van der Waals surface area contributed by atoms with Crippen LogP contribution in [0.3, 0.4) is 0 Å². The van der Waals surface area contributed by atoms with E-state index in [1.807, 2.05) is 0 Å². The number of anilines is 3. The summed E-state index contributed by atoms with van der Waals surface area (Å²) in [6.07, 6.45) is 0.921. The lowest BCUT2D eigenvalue weighted by Gasteiger charge is -2.29. The molecule has 0 N–H and O–H groups in total. The van der Waals surface area contributed by atoms with Crippen molar-refractivity contribution >= 4 is 38.9 Å². The fourth-order valence-electron chi connectivity index (χ4n) is 9.85. The first-order chi connectivity index (χ1) is 31.2. The number of benzene rings is 10. The van der Waals surface area contributed by atoms with Gasteiger partial charge in [-0.05, 0) is 123 Å². The molecule has 2 heteroatoms. The fourth-order valence-corrected chi connectivity index (χ4v) is 9.85. The van der Waals surface area contributed by atoms with Crippen molar-refractivity contribution < 1.29 is 0 Å².